The molecule has 0 aromatic carbocycles. The Labute approximate surface area is 115 Å². The molecule has 108 valence electrons. The van der Waals surface area contributed by atoms with Crippen molar-refractivity contribution in [2.75, 3.05) is 46.8 Å². The summed E-state index contributed by atoms with van der Waals surface area (Å²) < 4.78 is 0. The average Bonchev–Trinajstić information content (AvgIpc) is 2.71. The van der Waals surface area contributed by atoms with Crippen LogP contribution >= 0.6 is 0 Å². The number of carbonyl (C=O) groups excluding carboxylic acids is 2. The molecule has 0 aromatic rings. The molecule has 0 saturated carbocycles. The lowest BCUT2D eigenvalue weighted by Crippen LogP contribution is -2.44. The van der Waals surface area contributed by atoms with Crippen LogP contribution in [-0.4, -0.2) is 79.3 Å². The molecule has 0 spiro atoms. The molecule has 2 heterocycles. The van der Waals surface area contributed by atoms with E-state index in [-0.39, 0.29) is 11.7 Å². The Morgan fingerprint density at radius 1 is 1.26 bits per heavy atom. The summed E-state index contributed by atoms with van der Waals surface area (Å²) in [5.41, 5.74) is 0. The van der Waals surface area contributed by atoms with Crippen molar-refractivity contribution in [3.63, 3.8) is 0 Å². The Morgan fingerprint density at radius 2 is 1.89 bits per heavy atom. The van der Waals surface area contributed by atoms with Crippen LogP contribution in [0.3, 0.4) is 0 Å². The van der Waals surface area contributed by atoms with Gasteiger partial charge >= 0.3 is 0 Å². The Bertz CT molecular complexity index is 347. The number of piperidine rings is 1. The molecule has 0 radical (unpaired) electrons. The number of nitrogens with zero attached hydrogens (tertiary/aromatic N) is 3. The van der Waals surface area contributed by atoms with Crippen LogP contribution in [0.5, 0.6) is 0 Å². The van der Waals surface area contributed by atoms with Crippen LogP contribution < -0.4 is 0 Å². The fraction of sp³-hybridized carbons (Fsp3) is 0.857. The third-order valence-corrected chi connectivity index (χ3v) is 4.34. The predicted molar refractivity (Wildman–Crippen MR) is 73.9 cm³/mol. The van der Waals surface area contributed by atoms with Crippen LogP contribution in [0, 0.1) is 5.92 Å². The third-order valence-electron chi connectivity index (χ3n) is 4.34. The van der Waals surface area contributed by atoms with Crippen LogP contribution in [0.2, 0.25) is 0 Å². The highest BCUT2D eigenvalue weighted by atomic mass is 16.2. The summed E-state index contributed by atoms with van der Waals surface area (Å²) in [7, 11) is 4.20. The molecule has 1 amide bonds. The Morgan fingerprint density at radius 3 is 2.42 bits per heavy atom. The first-order chi connectivity index (χ1) is 8.97. The van der Waals surface area contributed by atoms with Crippen molar-refractivity contribution in [3.8, 4) is 0 Å². The van der Waals surface area contributed by atoms with Crippen molar-refractivity contribution in [3.05, 3.63) is 0 Å². The van der Waals surface area contributed by atoms with Gasteiger partial charge in [-0.1, -0.05) is 6.92 Å². The molecule has 19 heavy (non-hydrogen) atoms. The summed E-state index contributed by atoms with van der Waals surface area (Å²) in [6, 6.07) is 0.538. The van der Waals surface area contributed by atoms with Gasteiger partial charge in [0, 0.05) is 45.1 Å². The van der Waals surface area contributed by atoms with Gasteiger partial charge in [-0.05, 0) is 20.0 Å². The molecule has 0 aliphatic carbocycles. The molecule has 0 aromatic heterocycles. The zero-order valence-electron chi connectivity index (χ0n) is 12.3. The van der Waals surface area contributed by atoms with Gasteiger partial charge in [0.25, 0.3) is 0 Å². The normalized spacial score (nSPS) is 29.3. The van der Waals surface area contributed by atoms with E-state index in [0.29, 0.717) is 44.4 Å². The lowest BCUT2D eigenvalue weighted by atomic mass is 10.1. The molecule has 2 saturated heterocycles. The van der Waals surface area contributed by atoms with Crippen molar-refractivity contribution in [2.24, 2.45) is 5.92 Å². The van der Waals surface area contributed by atoms with E-state index in [1.54, 1.807) is 0 Å². The van der Waals surface area contributed by atoms with E-state index in [0.717, 1.165) is 13.1 Å². The van der Waals surface area contributed by atoms with Crippen LogP contribution in [0.25, 0.3) is 0 Å². The second-order valence-corrected chi connectivity index (χ2v) is 6.12. The largest absolute Gasteiger partial charge is 0.341 e. The highest BCUT2D eigenvalue weighted by Gasteiger charge is 2.32. The van der Waals surface area contributed by atoms with Gasteiger partial charge < -0.3 is 9.80 Å². The van der Waals surface area contributed by atoms with E-state index in [1.165, 1.54) is 0 Å². The SMILES string of the molecule is CC1CN(CC(=O)N2CCC(=O)CC2)CC1N(C)C. The van der Waals surface area contributed by atoms with E-state index in [9.17, 15) is 9.59 Å². The maximum absolute atomic E-state index is 12.2. The number of hydrogen-bond acceptors (Lipinski definition) is 4. The Kier molecular flexibility index (Phi) is 4.58. The molecular formula is C14H25N3O2. The van der Waals surface area contributed by atoms with Crippen molar-refractivity contribution in [1.82, 2.24) is 14.7 Å². The number of likely N-dealkylation sites (N-methyl/N-ethyl adjacent to an activating group) is 1. The first kappa shape index (κ1) is 14.5. The summed E-state index contributed by atoms with van der Waals surface area (Å²) >= 11 is 0. The van der Waals surface area contributed by atoms with Gasteiger partial charge in [-0.2, -0.15) is 0 Å². The summed E-state index contributed by atoms with van der Waals surface area (Å²) in [4.78, 5) is 29.7. The minimum absolute atomic E-state index is 0.180. The minimum atomic E-state index is 0.180. The van der Waals surface area contributed by atoms with Gasteiger partial charge in [-0.15, -0.1) is 0 Å². The zero-order chi connectivity index (χ0) is 14.0. The third kappa shape index (κ3) is 3.54. The molecule has 0 bridgehead atoms. The summed E-state index contributed by atoms with van der Waals surface area (Å²) in [6.07, 6.45) is 1.06. The molecule has 2 aliphatic heterocycles. The predicted octanol–water partition coefficient (Wildman–Crippen LogP) is 0.0598. The maximum Gasteiger partial charge on any atom is 0.236 e. The monoisotopic (exact) mass is 267 g/mol. The summed E-state index contributed by atoms with van der Waals surface area (Å²) in [6.45, 7) is 5.92. The standard InChI is InChI=1S/C14H25N3O2/c1-11-8-16(9-13(11)15(2)3)10-14(19)17-6-4-12(18)5-7-17/h11,13H,4-10H2,1-3H3. The van der Waals surface area contributed by atoms with Crippen LogP contribution in [0.15, 0.2) is 0 Å². The van der Waals surface area contributed by atoms with Crippen molar-refractivity contribution >= 4 is 11.7 Å². The van der Waals surface area contributed by atoms with Crippen LogP contribution in [0.1, 0.15) is 19.8 Å². The molecule has 0 N–H and O–H groups in total. The molecule has 2 rings (SSSR count). The Balaban J connectivity index is 1.82. The van der Waals surface area contributed by atoms with E-state index < -0.39 is 0 Å². The zero-order valence-corrected chi connectivity index (χ0v) is 12.3. The quantitative estimate of drug-likeness (QED) is 0.725. The van der Waals surface area contributed by atoms with Crippen molar-refractivity contribution in [1.29, 1.82) is 0 Å². The van der Waals surface area contributed by atoms with Gasteiger partial charge in [0.2, 0.25) is 5.91 Å². The highest BCUT2D eigenvalue weighted by molar-refractivity contribution is 5.84. The lowest BCUT2D eigenvalue weighted by Gasteiger charge is -2.28. The summed E-state index contributed by atoms with van der Waals surface area (Å²) in [5, 5.41) is 0. The lowest BCUT2D eigenvalue weighted by molar-refractivity contribution is -0.135. The molecule has 5 heteroatoms. The number of amides is 1. The van der Waals surface area contributed by atoms with Gasteiger partial charge in [0.1, 0.15) is 5.78 Å². The van der Waals surface area contributed by atoms with Gasteiger partial charge in [-0.3, -0.25) is 14.5 Å². The maximum atomic E-state index is 12.2. The summed E-state index contributed by atoms with van der Waals surface area (Å²) in [5.74, 6) is 1.07. The second kappa shape index (κ2) is 6.01. The molecule has 2 aliphatic rings. The first-order valence-corrected chi connectivity index (χ1v) is 7.15. The number of likely N-dealkylation sites (tertiary alicyclic amines) is 2. The number of ketones is 1. The highest BCUT2D eigenvalue weighted by Crippen LogP contribution is 2.20. The average molecular weight is 267 g/mol. The molecule has 2 unspecified atom stereocenters. The van der Waals surface area contributed by atoms with Gasteiger partial charge in [0.05, 0.1) is 6.54 Å². The van der Waals surface area contributed by atoms with Crippen molar-refractivity contribution in [2.45, 2.75) is 25.8 Å². The fourth-order valence-corrected chi connectivity index (χ4v) is 3.15. The molecule has 5 nitrogen and oxygen atoms in total. The first-order valence-electron chi connectivity index (χ1n) is 7.15. The van der Waals surface area contributed by atoms with E-state index >= 15 is 0 Å². The number of carbonyl (C=O) groups is 2. The van der Waals surface area contributed by atoms with Crippen molar-refractivity contribution < 1.29 is 9.59 Å². The van der Waals surface area contributed by atoms with E-state index in [2.05, 4.69) is 30.8 Å². The molecule has 2 atom stereocenters. The van der Waals surface area contributed by atoms with E-state index in [1.807, 2.05) is 4.90 Å². The molecule has 2 fully saturated rings. The fourth-order valence-electron chi connectivity index (χ4n) is 3.15. The second-order valence-electron chi connectivity index (χ2n) is 6.12. The Hall–Kier alpha value is -0.940. The van der Waals surface area contributed by atoms with E-state index in [4.69, 9.17) is 0 Å². The topological polar surface area (TPSA) is 43.9 Å². The van der Waals surface area contributed by atoms with Crippen LogP contribution in [-0.2, 0) is 9.59 Å². The number of Topliss-reactive ketones (excluding diaryl/α,β-unsaturated/α-hetero) is 1. The number of hydrogen-bond donors (Lipinski definition) is 0. The van der Waals surface area contributed by atoms with Gasteiger partial charge in [0.15, 0.2) is 0 Å². The number of rotatable bonds is 3. The minimum Gasteiger partial charge on any atom is -0.341 e. The molecular weight excluding hydrogens is 242 g/mol. The van der Waals surface area contributed by atoms with Gasteiger partial charge in [-0.25, -0.2) is 0 Å². The smallest absolute Gasteiger partial charge is 0.236 e. The van der Waals surface area contributed by atoms with Crippen LogP contribution in [0.4, 0.5) is 0 Å².